The van der Waals surface area contributed by atoms with Gasteiger partial charge in [-0.25, -0.2) is 0 Å². The molecule has 30 heavy (non-hydrogen) atoms. The molecule has 1 aliphatic rings. The van der Waals surface area contributed by atoms with E-state index < -0.39 is 0 Å². The lowest BCUT2D eigenvalue weighted by Gasteiger charge is -2.21. The van der Waals surface area contributed by atoms with Crippen LogP contribution < -0.4 is 10.6 Å². The molecule has 0 fully saturated rings. The van der Waals surface area contributed by atoms with E-state index in [0.717, 1.165) is 41.4 Å². The Morgan fingerprint density at radius 2 is 2.07 bits per heavy atom. The van der Waals surface area contributed by atoms with Gasteiger partial charge in [-0.1, -0.05) is 25.1 Å². The fraction of sp³-hybridized carbons (Fsp3) is 0.292. The summed E-state index contributed by atoms with van der Waals surface area (Å²) in [5.74, 6) is -0.378. The van der Waals surface area contributed by atoms with E-state index in [4.69, 9.17) is 0 Å². The number of nitriles is 1. The molecule has 0 saturated carbocycles. The molecule has 6 heteroatoms. The number of amides is 1. The van der Waals surface area contributed by atoms with E-state index in [0.29, 0.717) is 0 Å². The van der Waals surface area contributed by atoms with Crippen LogP contribution in [0.25, 0.3) is 10.9 Å². The Bertz CT molecular complexity index is 1140. The summed E-state index contributed by atoms with van der Waals surface area (Å²) >= 11 is 0. The molecule has 0 bridgehead atoms. The highest BCUT2D eigenvalue weighted by atomic mass is 16.1. The number of aryl methyl sites for hydroxylation is 2. The van der Waals surface area contributed by atoms with Gasteiger partial charge in [0.05, 0.1) is 17.8 Å². The summed E-state index contributed by atoms with van der Waals surface area (Å²) in [5, 5.41) is 23.4. The second-order valence-electron chi connectivity index (χ2n) is 7.66. The van der Waals surface area contributed by atoms with Crippen molar-refractivity contribution in [2.75, 3.05) is 5.32 Å². The Morgan fingerprint density at radius 1 is 1.23 bits per heavy atom. The van der Waals surface area contributed by atoms with Gasteiger partial charge in [0.25, 0.3) is 5.91 Å². The summed E-state index contributed by atoms with van der Waals surface area (Å²) in [7, 11) is 0. The van der Waals surface area contributed by atoms with Gasteiger partial charge in [-0.05, 0) is 67.0 Å². The average Bonchev–Trinajstić information content (AvgIpc) is 3.25. The first-order valence-corrected chi connectivity index (χ1v) is 10.4. The molecule has 0 saturated heterocycles. The molecule has 6 nitrogen and oxygen atoms in total. The molecule has 1 aliphatic carbocycles. The molecule has 3 N–H and O–H groups in total. The predicted octanol–water partition coefficient (Wildman–Crippen LogP) is 4.53. The number of fused-ring (bicyclic) bond motifs is 2. The minimum absolute atomic E-state index is 0.0381. The Balaban J connectivity index is 1.47. The number of anilines is 1. The van der Waals surface area contributed by atoms with Gasteiger partial charge in [0, 0.05) is 17.3 Å². The number of hydrogen-bond donors (Lipinski definition) is 3. The lowest BCUT2D eigenvalue weighted by molar-refractivity contribution is -0.117. The van der Waals surface area contributed by atoms with E-state index in [1.54, 1.807) is 6.20 Å². The van der Waals surface area contributed by atoms with Crippen molar-refractivity contribution in [2.24, 2.45) is 0 Å². The van der Waals surface area contributed by atoms with Crippen LogP contribution in [0.2, 0.25) is 0 Å². The molecule has 1 unspecified atom stereocenters. The van der Waals surface area contributed by atoms with Crippen molar-refractivity contribution in [3.63, 3.8) is 0 Å². The van der Waals surface area contributed by atoms with Gasteiger partial charge in [-0.3, -0.25) is 9.89 Å². The van der Waals surface area contributed by atoms with Crippen molar-refractivity contribution in [1.82, 2.24) is 15.5 Å². The molecule has 1 amide bonds. The van der Waals surface area contributed by atoms with Crippen LogP contribution in [0, 0.1) is 11.3 Å². The first-order valence-electron chi connectivity index (χ1n) is 10.4. The van der Waals surface area contributed by atoms with Crippen molar-refractivity contribution < 1.29 is 4.79 Å². The van der Waals surface area contributed by atoms with Crippen molar-refractivity contribution in [1.29, 1.82) is 5.26 Å². The minimum Gasteiger partial charge on any atom is -0.360 e. The van der Waals surface area contributed by atoms with Gasteiger partial charge in [-0.15, -0.1) is 0 Å². The van der Waals surface area contributed by atoms with E-state index in [1.165, 1.54) is 30.2 Å². The summed E-state index contributed by atoms with van der Waals surface area (Å²) in [6.45, 7) is 2.04. The lowest BCUT2D eigenvalue weighted by atomic mass is 9.88. The highest BCUT2D eigenvalue weighted by Gasteiger charge is 2.18. The third kappa shape index (κ3) is 4.20. The standard InChI is InChI=1S/C24H25N5O/c1-2-22(18-8-7-16-5-3-4-6-17(16)11-18)28-24(30)20(13-25)14-26-21-10-9-19-15-27-29-23(19)12-21/h7-12,14-15,22,26H,2-6H2,1H3,(H,27,29)(H,28,30)/b20-14-. The maximum Gasteiger partial charge on any atom is 0.263 e. The molecule has 0 aliphatic heterocycles. The first-order chi connectivity index (χ1) is 14.7. The average molecular weight is 399 g/mol. The van der Waals surface area contributed by atoms with Crippen LogP contribution in [0.1, 0.15) is 48.9 Å². The van der Waals surface area contributed by atoms with Crippen molar-refractivity contribution in [3.8, 4) is 6.07 Å². The molecule has 0 spiro atoms. The maximum absolute atomic E-state index is 12.7. The number of carbonyl (C=O) groups is 1. The summed E-state index contributed by atoms with van der Waals surface area (Å²) in [6, 6.07) is 14.1. The number of H-pyrrole nitrogens is 1. The Kier molecular flexibility index (Phi) is 5.80. The summed E-state index contributed by atoms with van der Waals surface area (Å²) < 4.78 is 0. The molecule has 1 aromatic heterocycles. The Morgan fingerprint density at radius 3 is 2.87 bits per heavy atom. The van der Waals surface area contributed by atoms with Crippen molar-refractivity contribution >= 4 is 22.5 Å². The molecule has 1 heterocycles. The fourth-order valence-corrected chi connectivity index (χ4v) is 3.96. The zero-order valence-corrected chi connectivity index (χ0v) is 17.0. The van der Waals surface area contributed by atoms with E-state index in [1.807, 2.05) is 31.2 Å². The second kappa shape index (κ2) is 8.83. The number of nitrogens with one attached hydrogen (secondary N) is 3. The quantitative estimate of drug-likeness (QED) is 0.419. The van der Waals surface area contributed by atoms with Gasteiger partial charge in [0.15, 0.2) is 0 Å². The van der Waals surface area contributed by atoms with Gasteiger partial charge >= 0.3 is 0 Å². The van der Waals surface area contributed by atoms with Crippen LogP contribution in [-0.2, 0) is 17.6 Å². The molecule has 2 aromatic carbocycles. The predicted molar refractivity (Wildman–Crippen MR) is 118 cm³/mol. The number of benzene rings is 2. The highest BCUT2D eigenvalue weighted by Crippen LogP contribution is 2.26. The highest BCUT2D eigenvalue weighted by molar-refractivity contribution is 5.97. The van der Waals surface area contributed by atoms with Crippen molar-refractivity contribution in [2.45, 2.75) is 45.1 Å². The fourth-order valence-electron chi connectivity index (χ4n) is 3.96. The van der Waals surface area contributed by atoms with E-state index >= 15 is 0 Å². The van der Waals surface area contributed by atoms with Crippen LogP contribution in [0.15, 0.2) is 54.4 Å². The van der Waals surface area contributed by atoms with E-state index in [-0.39, 0.29) is 17.5 Å². The number of aromatic nitrogens is 2. The summed E-state index contributed by atoms with van der Waals surface area (Å²) in [4.78, 5) is 12.7. The van der Waals surface area contributed by atoms with Crippen LogP contribution in [0.3, 0.4) is 0 Å². The molecule has 0 radical (unpaired) electrons. The molecule has 4 rings (SSSR count). The zero-order chi connectivity index (χ0) is 20.9. The van der Waals surface area contributed by atoms with Crippen molar-refractivity contribution in [3.05, 3.63) is 71.1 Å². The molecular formula is C24H25N5O. The Hall–Kier alpha value is -3.59. The van der Waals surface area contributed by atoms with Crippen LogP contribution in [0.4, 0.5) is 5.69 Å². The first kappa shape index (κ1) is 19.7. The number of rotatable bonds is 6. The normalized spacial score (nSPS) is 14.6. The molecule has 3 aromatic rings. The zero-order valence-electron chi connectivity index (χ0n) is 17.0. The molecule has 1 atom stereocenters. The number of nitrogens with zero attached hydrogens (tertiary/aromatic N) is 2. The number of hydrogen-bond acceptors (Lipinski definition) is 4. The third-order valence-corrected chi connectivity index (χ3v) is 5.68. The molecular weight excluding hydrogens is 374 g/mol. The molecule has 152 valence electrons. The van der Waals surface area contributed by atoms with Crippen LogP contribution in [0.5, 0.6) is 0 Å². The smallest absolute Gasteiger partial charge is 0.263 e. The second-order valence-corrected chi connectivity index (χ2v) is 7.66. The monoisotopic (exact) mass is 399 g/mol. The van der Waals surface area contributed by atoms with Gasteiger partial charge in [0.2, 0.25) is 0 Å². The van der Waals surface area contributed by atoms with Gasteiger partial charge < -0.3 is 10.6 Å². The van der Waals surface area contributed by atoms with E-state index in [9.17, 15) is 10.1 Å². The largest absolute Gasteiger partial charge is 0.360 e. The van der Waals surface area contributed by atoms with E-state index in [2.05, 4.69) is 39.0 Å². The topological polar surface area (TPSA) is 93.6 Å². The van der Waals surface area contributed by atoms with Crippen LogP contribution in [-0.4, -0.2) is 16.1 Å². The Labute approximate surface area is 176 Å². The summed E-state index contributed by atoms with van der Waals surface area (Å²) in [5.41, 5.74) is 5.60. The maximum atomic E-state index is 12.7. The van der Waals surface area contributed by atoms with Gasteiger partial charge in [-0.2, -0.15) is 10.4 Å². The number of aromatic amines is 1. The minimum atomic E-state index is -0.378. The lowest BCUT2D eigenvalue weighted by Crippen LogP contribution is -2.29. The van der Waals surface area contributed by atoms with Crippen LogP contribution >= 0.6 is 0 Å². The SMILES string of the molecule is CCC(NC(=O)/C(C#N)=C\Nc1ccc2cn[nH]c2c1)c1ccc2c(c1)CCCC2. The number of carbonyl (C=O) groups excluding carboxylic acids is 1. The third-order valence-electron chi connectivity index (χ3n) is 5.68. The summed E-state index contributed by atoms with van der Waals surface area (Å²) in [6.07, 6.45) is 8.65. The van der Waals surface area contributed by atoms with Gasteiger partial charge in [0.1, 0.15) is 11.6 Å².